The van der Waals surface area contributed by atoms with E-state index in [0.29, 0.717) is 6.54 Å². The van der Waals surface area contributed by atoms with Crippen molar-refractivity contribution in [2.75, 3.05) is 13.1 Å². The van der Waals surface area contributed by atoms with Gasteiger partial charge in [-0.15, -0.1) is 0 Å². The Labute approximate surface area is 82.0 Å². The molecule has 0 rings (SSSR count). The van der Waals surface area contributed by atoms with E-state index >= 15 is 0 Å². The summed E-state index contributed by atoms with van der Waals surface area (Å²) in [6.45, 7) is 1.51. The van der Waals surface area contributed by atoms with Crippen LogP contribution in [-0.4, -0.2) is 19.1 Å². The molecule has 0 aromatic heterocycles. The summed E-state index contributed by atoms with van der Waals surface area (Å²) in [5, 5.41) is 0. The molecule has 1 atom stereocenters. The Morgan fingerprint density at radius 3 is 2.31 bits per heavy atom. The minimum absolute atomic E-state index is 0.288. The van der Waals surface area contributed by atoms with Crippen molar-refractivity contribution in [3.05, 3.63) is 6.42 Å². The molecule has 13 heavy (non-hydrogen) atoms. The van der Waals surface area contributed by atoms with E-state index in [1.807, 2.05) is 0 Å². The van der Waals surface area contributed by atoms with E-state index in [-0.39, 0.29) is 6.04 Å². The maximum Gasteiger partial charge on any atom is 0.00509 e. The molecule has 0 amide bonds. The lowest BCUT2D eigenvalue weighted by molar-refractivity contribution is 0.562. The Balaban J connectivity index is 2.97. The SMILES string of the molecule is NCCCC[CH]CCC(N)CCN. The summed E-state index contributed by atoms with van der Waals surface area (Å²) in [6, 6.07) is 0.288. The van der Waals surface area contributed by atoms with E-state index < -0.39 is 0 Å². The summed E-state index contributed by atoms with van der Waals surface area (Å²) in [5.41, 5.74) is 16.6. The van der Waals surface area contributed by atoms with Crippen LogP contribution < -0.4 is 17.2 Å². The van der Waals surface area contributed by atoms with Crippen molar-refractivity contribution in [2.45, 2.75) is 44.6 Å². The first-order chi connectivity index (χ1) is 6.31. The Hall–Kier alpha value is -0.120. The average Bonchev–Trinajstić information content (AvgIpc) is 2.11. The smallest absolute Gasteiger partial charge is 0.00509 e. The van der Waals surface area contributed by atoms with E-state index in [1.54, 1.807) is 0 Å². The van der Waals surface area contributed by atoms with Gasteiger partial charge in [0.15, 0.2) is 0 Å². The molecule has 0 aromatic carbocycles. The third kappa shape index (κ3) is 9.80. The lowest BCUT2D eigenvalue weighted by Crippen LogP contribution is -2.23. The summed E-state index contributed by atoms with van der Waals surface area (Å²) in [7, 11) is 0. The van der Waals surface area contributed by atoms with Gasteiger partial charge in [-0.05, 0) is 45.2 Å². The van der Waals surface area contributed by atoms with Gasteiger partial charge in [0, 0.05) is 6.04 Å². The van der Waals surface area contributed by atoms with Crippen molar-refractivity contribution in [1.29, 1.82) is 0 Å². The van der Waals surface area contributed by atoms with Crippen molar-refractivity contribution in [3.63, 3.8) is 0 Å². The van der Waals surface area contributed by atoms with Gasteiger partial charge < -0.3 is 17.2 Å². The zero-order valence-corrected chi connectivity index (χ0v) is 8.54. The molecule has 3 heteroatoms. The fraction of sp³-hybridized carbons (Fsp3) is 0.900. The van der Waals surface area contributed by atoms with E-state index in [9.17, 15) is 0 Å². The van der Waals surface area contributed by atoms with Crippen LogP contribution in [0.2, 0.25) is 0 Å². The first-order valence-electron chi connectivity index (χ1n) is 5.28. The lowest BCUT2D eigenvalue weighted by atomic mass is 10.0. The Kier molecular flexibility index (Phi) is 9.87. The molecule has 0 saturated heterocycles. The second-order valence-electron chi connectivity index (χ2n) is 3.49. The average molecular weight is 186 g/mol. The Bertz CT molecular complexity index is 96.2. The van der Waals surface area contributed by atoms with Crippen molar-refractivity contribution < 1.29 is 0 Å². The van der Waals surface area contributed by atoms with Crippen molar-refractivity contribution in [2.24, 2.45) is 17.2 Å². The Morgan fingerprint density at radius 2 is 1.69 bits per heavy atom. The van der Waals surface area contributed by atoms with Gasteiger partial charge in [0.25, 0.3) is 0 Å². The molecule has 0 saturated carbocycles. The van der Waals surface area contributed by atoms with Gasteiger partial charge in [0.1, 0.15) is 0 Å². The zero-order chi connectivity index (χ0) is 9.94. The molecular formula is C10H24N3. The van der Waals surface area contributed by atoms with Crippen LogP contribution in [-0.2, 0) is 0 Å². The van der Waals surface area contributed by atoms with E-state index in [0.717, 1.165) is 32.2 Å². The van der Waals surface area contributed by atoms with Crippen molar-refractivity contribution in [3.8, 4) is 0 Å². The van der Waals surface area contributed by atoms with Crippen LogP contribution >= 0.6 is 0 Å². The molecule has 79 valence electrons. The van der Waals surface area contributed by atoms with Gasteiger partial charge in [-0.3, -0.25) is 0 Å². The molecule has 0 aliphatic carbocycles. The van der Waals surface area contributed by atoms with Crippen LogP contribution in [0.5, 0.6) is 0 Å². The number of rotatable bonds is 9. The van der Waals surface area contributed by atoms with Crippen LogP contribution in [0.1, 0.15) is 38.5 Å². The number of hydrogen-bond donors (Lipinski definition) is 3. The van der Waals surface area contributed by atoms with Gasteiger partial charge >= 0.3 is 0 Å². The molecule has 0 fully saturated rings. The molecule has 0 bridgehead atoms. The highest BCUT2D eigenvalue weighted by Crippen LogP contribution is 2.06. The molecule has 1 unspecified atom stereocenters. The monoisotopic (exact) mass is 186 g/mol. The largest absolute Gasteiger partial charge is 0.330 e. The van der Waals surface area contributed by atoms with Gasteiger partial charge in [-0.1, -0.05) is 12.8 Å². The predicted molar refractivity (Wildman–Crippen MR) is 58.1 cm³/mol. The molecule has 3 nitrogen and oxygen atoms in total. The topological polar surface area (TPSA) is 78.1 Å². The first-order valence-corrected chi connectivity index (χ1v) is 5.28. The Morgan fingerprint density at radius 1 is 0.923 bits per heavy atom. The maximum atomic E-state index is 5.81. The second-order valence-corrected chi connectivity index (χ2v) is 3.49. The fourth-order valence-corrected chi connectivity index (χ4v) is 1.27. The minimum atomic E-state index is 0.288. The van der Waals surface area contributed by atoms with Crippen molar-refractivity contribution in [1.82, 2.24) is 0 Å². The van der Waals surface area contributed by atoms with Gasteiger partial charge in [-0.25, -0.2) is 0 Å². The molecule has 0 aliphatic rings. The molecule has 0 spiro atoms. The summed E-state index contributed by atoms with van der Waals surface area (Å²) < 4.78 is 0. The highest BCUT2D eigenvalue weighted by Gasteiger charge is 1.99. The third-order valence-corrected chi connectivity index (χ3v) is 2.14. The number of hydrogen-bond acceptors (Lipinski definition) is 3. The summed E-state index contributed by atoms with van der Waals surface area (Å²) in [6.07, 6.45) is 8.95. The quantitative estimate of drug-likeness (QED) is 0.466. The van der Waals surface area contributed by atoms with Gasteiger partial charge in [0.05, 0.1) is 0 Å². The highest BCUT2D eigenvalue weighted by atomic mass is 14.6. The molecule has 0 aliphatic heterocycles. The van der Waals surface area contributed by atoms with E-state index in [1.165, 1.54) is 12.8 Å². The summed E-state index contributed by atoms with van der Waals surface area (Å²) in [4.78, 5) is 0. The van der Waals surface area contributed by atoms with Crippen LogP contribution in [0, 0.1) is 6.42 Å². The summed E-state index contributed by atoms with van der Waals surface area (Å²) >= 11 is 0. The molecule has 0 heterocycles. The van der Waals surface area contributed by atoms with Crippen LogP contribution in [0.4, 0.5) is 0 Å². The van der Waals surface area contributed by atoms with Crippen molar-refractivity contribution >= 4 is 0 Å². The standard InChI is InChI=1S/C10H24N3/c11-8-5-3-1-2-4-6-10(13)7-9-12/h2,10H,1,3-9,11-13H2. The number of nitrogens with two attached hydrogens (primary N) is 3. The molecule has 1 radical (unpaired) electrons. The van der Waals surface area contributed by atoms with Gasteiger partial charge in [0.2, 0.25) is 0 Å². The normalized spacial score (nSPS) is 13.2. The maximum absolute atomic E-state index is 5.81. The predicted octanol–water partition coefficient (Wildman–Crippen LogP) is 0.776. The third-order valence-electron chi connectivity index (χ3n) is 2.14. The van der Waals surface area contributed by atoms with Gasteiger partial charge in [-0.2, -0.15) is 0 Å². The van der Waals surface area contributed by atoms with Crippen LogP contribution in [0.15, 0.2) is 0 Å². The fourth-order valence-electron chi connectivity index (χ4n) is 1.27. The highest BCUT2D eigenvalue weighted by molar-refractivity contribution is 4.70. The van der Waals surface area contributed by atoms with Crippen LogP contribution in [0.25, 0.3) is 0 Å². The lowest BCUT2D eigenvalue weighted by Gasteiger charge is -2.08. The second kappa shape index (κ2) is 9.96. The minimum Gasteiger partial charge on any atom is -0.330 e. The molecule has 0 aromatic rings. The molecule has 6 N–H and O–H groups in total. The van der Waals surface area contributed by atoms with E-state index in [4.69, 9.17) is 17.2 Å². The number of unbranched alkanes of at least 4 members (excludes halogenated alkanes) is 4. The zero-order valence-electron chi connectivity index (χ0n) is 8.54. The first kappa shape index (κ1) is 12.9. The molecular weight excluding hydrogens is 162 g/mol. The summed E-state index contributed by atoms with van der Waals surface area (Å²) in [5.74, 6) is 0. The van der Waals surface area contributed by atoms with Crippen LogP contribution in [0.3, 0.4) is 0 Å². The van der Waals surface area contributed by atoms with E-state index in [2.05, 4.69) is 6.42 Å².